The van der Waals surface area contributed by atoms with Crippen LogP contribution in [0, 0.1) is 6.92 Å². The van der Waals surface area contributed by atoms with Crippen LogP contribution in [0.5, 0.6) is 0 Å². The van der Waals surface area contributed by atoms with Gasteiger partial charge in [-0.2, -0.15) is 0 Å². The highest BCUT2D eigenvalue weighted by molar-refractivity contribution is 5.85. The maximum Gasteiger partial charge on any atom is 0.354 e. The van der Waals surface area contributed by atoms with Gasteiger partial charge in [-0.3, -0.25) is 24.7 Å². The third-order valence-electron chi connectivity index (χ3n) is 7.26. The van der Waals surface area contributed by atoms with Crippen LogP contribution in [-0.2, 0) is 32.7 Å². The first-order valence-electron chi connectivity index (χ1n) is 14.2. The number of nitrogens with zero attached hydrogens (tertiary/aromatic N) is 7. The van der Waals surface area contributed by atoms with Gasteiger partial charge < -0.3 is 10.2 Å². The van der Waals surface area contributed by atoms with Gasteiger partial charge in [0.2, 0.25) is 0 Å². The molecule has 0 saturated carbocycles. The summed E-state index contributed by atoms with van der Waals surface area (Å²) in [6.07, 6.45) is 0. The zero-order valence-corrected chi connectivity index (χ0v) is 24.1. The molecule has 0 atom stereocenters. The van der Waals surface area contributed by atoms with Gasteiger partial charge in [0.05, 0.1) is 28.5 Å². The zero-order valence-electron chi connectivity index (χ0n) is 24.1. The number of hydrogen-bond acceptors (Lipinski definition) is 9. The van der Waals surface area contributed by atoms with Crippen LogP contribution in [0.4, 0.5) is 0 Å². The van der Waals surface area contributed by atoms with Gasteiger partial charge in [-0.15, -0.1) is 0 Å². The smallest absolute Gasteiger partial charge is 0.354 e. The van der Waals surface area contributed by atoms with E-state index in [9.17, 15) is 19.8 Å². The van der Waals surface area contributed by atoms with Crippen LogP contribution in [0.2, 0.25) is 0 Å². The highest BCUT2D eigenvalue weighted by Gasteiger charge is 2.19. The number of rotatable bonds is 8. The molecule has 0 amide bonds. The normalized spacial score (nSPS) is 15.4. The minimum atomic E-state index is -1.06. The molecule has 4 aromatic heterocycles. The summed E-state index contributed by atoms with van der Waals surface area (Å²) in [7, 11) is 0. The number of carboxylic acids is 2. The van der Waals surface area contributed by atoms with Gasteiger partial charge in [0.15, 0.2) is 0 Å². The van der Waals surface area contributed by atoms with Crippen LogP contribution in [0.1, 0.15) is 55.1 Å². The lowest BCUT2D eigenvalue weighted by atomic mass is 10.2. The molecule has 0 aromatic carbocycles. The molecule has 11 heteroatoms. The van der Waals surface area contributed by atoms with Crippen molar-refractivity contribution in [2.45, 2.75) is 39.6 Å². The van der Waals surface area contributed by atoms with Crippen molar-refractivity contribution in [1.29, 1.82) is 0 Å². The van der Waals surface area contributed by atoms with Gasteiger partial charge in [0, 0.05) is 64.6 Å². The summed E-state index contributed by atoms with van der Waals surface area (Å²) in [4.78, 5) is 48.3. The van der Waals surface area contributed by atoms with Crippen molar-refractivity contribution < 1.29 is 19.8 Å². The minimum Gasteiger partial charge on any atom is -0.477 e. The van der Waals surface area contributed by atoms with Crippen molar-refractivity contribution in [3.63, 3.8) is 0 Å². The van der Waals surface area contributed by atoms with Crippen LogP contribution in [-0.4, -0.2) is 83.0 Å². The highest BCUT2D eigenvalue weighted by Crippen LogP contribution is 2.15. The quantitative estimate of drug-likeness (QED) is 0.316. The number of aryl methyl sites for hydroxylation is 1. The molecule has 5 heterocycles. The van der Waals surface area contributed by atoms with E-state index in [2.05, 4.69) is 24.7 Å². The maximum absolute atomic E-state index is 11.6. The van der Waals surface area contributed by atoms with Crippen molar-refractivity contribution in [1.82, 2.24) is 34.6 Å². The molecule has 5 rings (SSSR count). The summed E-state index contributed by atoms with van der Waals surface area (Å²) in [6.45, 7) is 7.60. The van der Waals surface area contributed by atoms with Gasteiger partial charge in [0.1, 0.15) is 11.4 Å². The summed E-state index contributed by atoms with van der Waals surface area (Å²) >= 11 is 0. The third-order valence-corrected chi connectivity index (χ3v) is 7.26. The van der Waals surface area contributed by atoms with Crippen molar-refractivity contribution in [3.05, 3.63) is 118 Å². The lowest BCUT2D eigenvalue weighted by molar-refractivity contribution is 0.0679. The Balaban J connectivity index is 1.42. The number of hydrogen-bond donors (Lipinski definition) is 2. The Bertz CT molecular complexity index is 1580. The number of pyridine rings is 4. The molecule has 2 bridgehead atoms. The minimum absolute atomic E-state index is 0.0150. The van der Waals surface area contributed by atoms with E-state index in [-0.39, 0.29) is 11.4 Å². The molecule has 43 heavy (non-hydrogen) atoms. The average Bonchev–Trinajstić information content (AvgIpc) is 2.98. The monoisotopic (exact) mass is 581 g/mol. The standard InChI is InChI=1S/C32H35N7O4/c1-23-6-2-7-24(33-23)19-38-16-14-37(18-27-10-4-12-29(35-27)31(40)41)15-17-39(21-26-9-3-8-25(20-38)34-26)22-28-11-5-13-30(36-28)32(42)43/h2-13H,14-22H2,1H3,(H,40,41)(H,42,43). The second-order valence-corrected chi connectivity index (χ2v) is 10.7. The fourth-order valence-electron chi connectivity index (χ4n) is 5.18. The van der Waals surface area contributed by atoms with Crippen molar-refractivity contribution >= 4 is 11.9 Å². The van der Waals surface area contributed by atoms with E-state index in [1.165, 1.54) is 12.1 Å². The van der Waals surface area contributed by atoms with E-state index in [4.69, 9.17) is 9.97 Å². The number of carboxylic acid groups (broad SMARTS) is 2. The van der Waals surface area contributed by atoms with Gasteiger partial charge in [0.25, 0.3) is 0 Å². The van der Waals surface area contributed by atoms with E-state index in [1.807, 2.05) is 55.5 Å². The predicted molar refractivity (Wildman–Crippen MR) is 159 cm³/mol. The Morgan fingerprint density at radius 3 is 1.49 bits per heavy atom. The zero-order chi connectivity index (χ0) is 30.2. The molecular formula is C32H35N7O4. The maximum atomic E-state index is 11.6. The second kappa shape index (κ2) is 14.1. The van der Waals surface area contributed by atoms with Gasteiger partial charge >= 0.3 is 11.9 Å². The Hall–Kier alpha value is -4.58. The van der Waals surface area contributed by atoms with E-state index in [0.717, 1.165) is 29.3 Å². The van der Waals surface area contributed by atoms with Crippen molar-refractivity contribution in [2.75, 3.05) is 26.2 Å². The molecule has 1 aliphatic heterocycles. The van der Waals surface area contributed by atoms with Crippen LogP contribution in [0.3, 0.4) is 0 Å². The first kappa shape index (κ1) is 29.9. The van der Waals surface area contributed by atoms with Crippen LogP contribution in [0.25, 0.3) is 0 Å². The van der Waals surface area contributed by atoms with E-state index in [0.29, 0.717) is 63.7 Å². The fraction of sp³-hybridized carbons (Fsp3) is 0.312. The molecule has 0 radical (unpaired) electrons. The molecule has 1 aliphatic rings. The van der Waals surface area contributed by atoms with Crippen LogP contribution < -0.4 is 0 Å². The molecule has 11 nitrogen and oxygen atoms in total. The lowest BCUT2D eigenvalue weighted by Gasteiger charge is -2.31. The number of aromatic nitrogens is 4. The third kappa shape index (κ3) is 8.71. The summed E-state index contributed by atoms with van der Waals surface area (Å²) < 4.78 is 0. The Morgan fingerprint density at radius 1 is 0.581 bits per heavy atom. The van der Waals surface area contributed by atoms with E-state index >= 15 is 0 Å². The SMILES string of the molecule is Cc1cccc(CN2CCN(Cc3cccc(C(=O)O)n3)CCN(Cc3cccc(C(=O)O)n3)Cc3cccc(n3)C2)n1. The summed E-state index contributed by atoms with van der Waals surface area (Å²) in [5.74, 6) is -2.11. The summed E-state index contributed by atoms with van der Waals surface area (Å²) in [5.41, 5.74) is 5.24. The average molecular weight is 582 g/mol. The Morgan fingerprint density at radius 2 is 1.00 bits per heavy atom. The first-order valence-corrected chi connectivity index (χ1v) is 14.2. The second-order valence-electron chi connectivity index (χ2n) is 10.7. The lowest BCUT2D eigenvalue weighted by Crippen LogP contribution is -2.40. The molecule has 222 valence electrons. The predicted octanol–water partition coefficient (Wildman–Crippen LogP) is 3.49. The molecule has 0 aliphatic carbocycles. The van der Waals surface area contributed by atoms with Gasteiger partial charge in [-0.25, -0.2) is 19.6 Å². The summed E-state index contributed by atoms with van der Waals surface area (Å²) in [5, 5.41) is 18.9. The van der Waals surface area contributed by atoms with Gasteiger partial charge in [-0.1, -0.05) is 24.3 Å². The van der Waals surface area contributed by atoms with E-state index in [1.54, 1.807) is 12.1 Å². The van der Waals surface area contributed by atoms with Gasteiger partial charge in [-0.05, 0) is 55.5 Å². The first-order chi connectivity index (χ1) is 20.8. The molecule has 2 N–H and O–H groups in total. The molecule has 0 unspecified atom stereocenters. The van der Waals surface area contributed by atoms with Crippen LogP contribution >= 0.6 is 0 Å². The van der Waals surface area contributed by atoms with E-state index < -0.39 is 11.9 Å². The molecule has 0 fully saturated rings. The van der Waals surface area contributed by atoms with Crippen LogP contribution in [0.15, 0.2) is 72.8 Å². The largest absolute Gasteiger partial charge is 0.477 e. The Kier molecular flexibility index (Phi) is 9.77. The fourth-order valence-corrected chi connectivity index (χ4v) is 5.18. The molecular weight excluding hydrogens is 546 g/mol. The number of fused-ring (bicyclic) bond motifs is 2. The Labute approximate surface area is 250 Å². The summed E-state index contributed by atoms with van der Waals surface area (Å²) in [6, 6.07) is 22.2. The van der Waals surface area contributed by atoms with Crippen molar-refractivity contribution in [3.8, 4) is 0 Å². The number of aromatic carboxylic acids is 2. The molecule has 0 spiro atoms. The highest BCUT2D eigenvalue weighted by atomic mass is 16.4. The van der Waals surface area contributed by atoms with Crippen molar-refractivity contribution in [2.24, 2.45) is 0 Å². The molecule has 0 saturated heterocycles. The number of carbonyl (C=O) groups is 2. The molecule has 4 aromatic rings. The topological polar surface area (TPSA) is 136 Å².